The molecular formula is C22H29N3O3S. The molecule has 1 atom stereocenters. The molecule has 0 saturated carbocycles. The Labute approximate surface area is 172 Å². The predicted molar refractivity (Wildman–Crippen MR) is 112 cm³/mol. The van der Waals surface area contributed by atoms with E-state index in [1.165, 1.54) is 5.56 Å². The molecule has 0 spiro atoms. The molecular weight excluding hydrogens is 386 g/mol. The number of nitrogens with zero attached hydrogens (tertiary/aromatic N) is 1. The number of carbonyl (C=O) groups is 1. The Hall–Kier alpha value is -2.12. The first-order chi connectivity index (χ1) is 13.9. The molecule has 2 aliphatic rings. The highest BCUT2D eigenvalue weighted by Gasteiger charge is 2.34. The zero-order chi connectivity index (χ0) is 20.6. The summed E-state index contributed by atoms with van der Waals surface area (Å²) in [4.78, 5) is 18.2. The van der Waals surface area contributed by atoms with Gasteiger partial charge in [0.05, 0.1) is 5.56 Å². The zero-order valence-corrected chi connectivity index (χ0v) is 17.9. The van der Waals surface area contributed by atoms with Gasteiger partial charge in [-0.3, -0.25) is 4.79 Å². The molecule has 29 heavy (non-hydrogen) atoms. The van der Waals surface area contributed by atoms with Crippen LogP contribution in [-0.2, 0) is 16.4 Å². The zero-order valence-electron chi connectivity index (χ0n) is 17.1. The summed E-state index contributed by atoms with van der Waals surface area (Å²) in [5.41, 5.74) is 3.65. The van der Waals surface area contributed by atoms with Crippen molar-refractivity contribution in [2.75, 3.05) is 13.1 Å². The van der Waals surface area contributed by atoms with Gasteiger partial charge in [-0.05, 0) is 63.5 Å². The first-order valence-electron chi connectivity index (χ1n) is 10.5. The van der Waals surface area contributed by atoms with Gasteiger partial charge in [-0.2, -0.15) is 0 Å². The summed E-state index contributed by atoms with van der Waals surface area (Å²) < 4.78 is 29.8. The maximum atomic E-state index is 13.5. The van der Waals surface area contributed by atoms with Crippen molar-refractivity contribution >= 4 is 15.9 Å². The van der Waals surface area contributed by atoms with E-state index in [-0.39, 0.29) is 16.8 Å². The van der Waals surface area contributed by atoms with Crippen molar-refractivity contribution in [3.63, 3.8) is 0 Å². The third kappa shape index (κ3) is 3.85. The highest BCUT2D eigenvalue weighted by atomic mass is 32.2. The fourth-order valence-corrected chi connectivity index (χ4v) is 6.43. The number of nitrogens with one attached hydrogen (secondary N) is 2. The topological polar surface area (TPSA) is 82.3 Å². The molecule has 1 aromatic heterocycles. The van der Waals surface area contributed by atoms with Gasteiger partial charge in [-0.15, -0.1) is 0 Å². The van der Waals surface area contributed by atoms with E-state index in [2.05, 4.69) is 15.8 Å². The molecule has 1 saturated heterocycles. The largest absolute Gasteiger partial charge is 0.361 e. The number of aryl methyl sites for hydroxylation is 3. The normalized spacial score (nSPS) is 19.8. The molecule has 2 heterocycles. The smallest absolute Gasteiger partial charge is 0.257 e. The number of fused-ring (bicyclic) bond motifs is 1. The second kappa shape index (κ2) is 7.95. The van der Waals surface area contributed by atoms with Crippen LogP contribution in [0.1, 0.15) is 71.0 Å². The van der Waals surface area contributed by atoms with E-state index in [0.29, 0.717) is 30.0 Å². The summed E-state index contributed by atoms with van der Waals surface area (Å²) in [5, 5.41) is 0. The van der Waals surface area contributed by atoms with Crippen LogP contribution in [0, 0.1) is 13.8 Å². The average Bonchev–Trinajstić information content (AvgIpc) is 3.03. The van der Waals surface area contributed by atoms with Crippen LogP contribution >= 0.6 is 0 Å². The first kappa shape index (κ1) is 20.2. The van der Waals surface area contributed by atoms with Crippen molar-refractivity contribution in [2.45, 2.75) is 63.3 Å². The van der Waals surface area contributed by atoms with Gasteiger partial charge in [0.25, 0.3) is 5.91 Å². The van der Waals surface area contributed by atoms with Crippen LogP contribution in [0.3, 0.4) is 0 Å². The average molecular weight is 416 g/mol. The third-order valence-electron chi connectivity index (χ3n) is 6.11. The minimum atomic E-state index is -3.86. The number of hydrogen-bond acceptors (Lipinski definition) is 3. The molecule has 1 aliphatic carbocycles. The predicted octanol–water partition coefficient (Wildman–Crippen LogP) is 3.61. The highest BCUT2D eigenvalue weighted by Crippen LogP contribution is 2.33. The van der Waals surface area contributed by atoms with E-state index in [0.717, 1.165) is 44.1 Å². The summed E-state index contributed by atoms with van der Waals surface area (Å²) in [5.74, 6) is -0.184. The number of aromatic nitrogens is 1. The van der Waals surface area contributed by atoms with Crippen molar-refractivity contribution in [1.29, 1.82) is 0 Å². The molecule has 4 rings (SSSR count). The van der Waals surface area contributed by atoms with E-state index >= 15 is 0 Å². The van der Waals surface area contributed by atoms with Crippen LogP contribution in [0.25, 0.3) is 0 Å². The van der Waals surface area contributed by atoms with Gasteiger partial charge in [0.1, 0.15) is 4.90 Å². The van der Waals surface area contributed by atoms with Gasteiger partial charge < -0.3 is 9.88 Å². The van der Waals surface area contributed by atoms with Crippen molar-refractivity contribution in [1.82, 2.24) is 14.6 Å². The van der Waals surface area contributed by atoms with Crippen molar-refractivity contribution in [3.05, 3.63) is 52.3 Å². The molecule has 0 radical (unpaired) electrons. The van der Waals surface area contributed by atoms with E-state index in [4.69, 9.17) is 0 Å². The summed E-state index contributed by atoms with van der Waals surface area (Å²) >= 11 is 0. The second-order valence-electron chi connectivity index (χ2n) is 8.20. The summed E-state index contributed by atoms with van der Waals surface area (Å²) in [6.07, 6.45) is 5.71. The SMILES string of the molecule is Cc1[nH]c(C)c(S(=O)(=O)NC2CCCc3ccccc32)c1C(=O)N1CCCCC1. The van der Waals surface area contributed by atoms with Gasteiger partial charge in [-0.25, -0.2) is 13.1 Å². The highest BCUT2D eigenvalue weighted by molar-refractivity contribution is 7.89. The Kier molecular flexibility index (Phi) is 5.53. The van der Waals surface area contributed by atoms with Crippen LogP contribution < -0.4 is 4.72 Å². The van der Waals surface area contributed by atoms with Gasteiger partial charge in [0.15, 0.2) is 0 Å². The number of carbonyl (C=O) groups excluding carboxylic acids is 1. The molecule has 1 aromatic carbocycles. The standard InChI is InChI=1S/C22H29N3O3S/c1-15-20(22(26)25-13-6-3-7-14-25)21(16(2)23-15)29(27,28)24-19-12-8-10-17-9-4-5-11-18(17)19/h4-5,9,11,19,23-24H,3,6-8,10,12-14H2,1-2H3. The van der Waals surface area contributed by atoms with Crippen LogP contribution in [0.4, 0.5) is 0 Å². The maximum absolute atomic E-state index is 13.5. The van der Waals surface area contributed by atoms with Crippen molar-refractivity contribution in [2.24, 2.45) is 0 Å². The van der Waals surface area contributed by atoms with Crippen LogP contribution in [0.2, 0.25) is 0 Å². The third-order valence-corrected chi connectivity index (χ3v) is 7.75. The number of rotatable bonds is 4. The molecule has 2 aromatic rings. The summed E-state index contributed by atoms with van der Waals surface area (Å²) in [6.45, 7) is 4.87. The van der Waals surface area contributed by atoms with Gasteiger partial charge in [-0.1, -0.05) is 24.3 Å². The molecule has 1 unspecified atom stereocenters. The molecule has 1 amide bonds. The molecule has 1 fully saturated rings. The number of hydrogen-bond donors (Lipinski definition) is 2. The number of benzene rings is 1. The maximum Gasteiger partial charge on any atom is 0.257 e. The Morgan fingerprint density at radius 3 is 2.55 bits per heavy atom. The lowest BCUT2D eigenvalue weighted by Gasteiger charge is -2.28. The van der Waals surface area contributed by atoms with E-state index in [1.807, 2.05) is 18.2 Å². The van der Waals surface area contributed by atoms with Gasteiger partial charge in [0, 0.05) is 30.5 Å². The lowest BCUT2D eigenvalue weighted by atomic mass is 9.88. The Morgan fingerprint density at radius 1 is 1.07 bits per heavy atom. The Morgan fingerprint density at radius 2 is 1.79 bits per heavy atom. The number of sulfonamides is 1. The van der Waals surface area contributed by atoms with Crippen LogP contribution in [0.15, 0.2) is 29.2 Å². The molecule has 0 bridgehead atoms. The van der Waals surface area contributed by atoms with Crippen molar-refractivity contribution < 1.29 is 13.2 Å². The minimum Gasteiger partial charge on any atom is -0.361 e. The van der Waals surface area contributed by atoms with Crippen LogP contribution in [-0.4, -0.2) is 37.3 Å². The summed E-state index contributed by atoms with van der Waals surface area (Å²) in [6, 6.07) is 7.73. The first-order valence-corrected chi connectivity index (χ1v) is 12.0. The van der Waals surface area contributed by atoms with Crippen LogP contribution in [0.5, 0.6) is 0 Å². The van der Waals surface area contributed by atoms with E-state index in [9.17, 15) is 13.2 Å². The monoisotopic (exact) mass is 415 g/mol. The number of aromatic amines is 1. The Balaban J connectivity index is 1.68. The lowest BCUT2D eigenvalue weighted by molar-refractivity contribution is 0.0720. The van der Waals surface area contributed by atoms with Gasteiger partial charge >= 0.3 is 0 Å². The second-order valence-corrected chi connectivity index (χ2v) is 9.85. The summed E-state index contributed by atoms with van der Waals surface area (Å²) in [7, 11) is -3.86. The molecule has 1 aliphatic heterocycles. The lowest BCUT2D eigenvalue weighted by Crippen LogP contribution is -2.37. The minimum absolute atomic E-state index is 0.105. The Bertz CT molecular complexity index is 1020. The number of likely N-dealkylation sites (tertiary alicyclic amines) is 1. The fraction of sp³-hybridized carbons (Fsp3) is 0.500. The van der Waals surface area contributed by atoms with E-state index in [1.54, 1.807) is 18.7 Å². The molecule has 156 valence electrons. The van der Waals surface area contributed by atoms with Gasteiger partial charge in [0.2, 0.25) is 10.0 Å². The molecule has 7 heteroatoms. The number of H-pyrrole nitrogens is 1. The van der Waals surface area contributed by atoms with E-state index < -0.39 is 10.0 Å². The number of amides is 1. The van der Waals surface area contributed by atoms with Crippen molar-refractivity contribution in [3.8, 4) is 0 Å². The number of piperidine rings is 1. The fourth-order valence-electron chi connectivity index (χ4n) is 4.73. The molecule has 6 nitrogen and oxygen atoms in total. The quantitative estimate of drug-likeness (QED) is 0.800. The molecule has 2 N–H and O–H groups in total.